The number of likely N-dealkylation sites (tertiary alicyclic amines) is 1. The molecule has 25 heavy (non-hydrogen) atoms. The average Bonchev–Trinajstić information content (AvgIpc) is 2.60. The largest absolute Gasteiger partial charge is 0.465 e. The Morgan fingerprint density at radius 2 is 2.20 bits per heavy atom. The molecule has 3 heterocycles. The van der Waals surface area contributed by atoms with Crippen LogP contribution in [-0.2, 0) is 11.3 Å². The third-order valence-corrected chi connectivity index (χ3v) is 4.73. The third kappa shape index (κ3) is 4.71. The summed E-state index contributed by atoms with van der Waals surface area (Å²) in [5.74, 6) is -0.337. The van der Waals surface area contributed by atoms with Crippen molar-refractivity contribution in [2.24, 2.45) is 0 Å². The van der Waals surface area contributed by atoms with Crippen LogP contribution in [0.3, 0.4) is 0 Å². The number of anilines is 1. The second-order valence-electron chi connectivity index (χ2n) is 6.37. The number of hydrogen-bond donors (Lipinski definition) is 2. The highest BCUT2D eigenvalue weighted by atomic mass is 35.5. The Kier molecular flexibility index (Phi) is 5.93. The van der Waals surface area contributed by atoms with Gasteiger partial charge in [-0.2, -0.15) is 0 Å². The summed E-state index contributed by atoms with van der Waals surface area (Å²) in [5, 5.41) is 12.4. The minimum absolute atomic E-state index is 0.0907. The van der Waals surface area contributed by atoms with Crippen LogP contribution >= 0.6 is 11.6 Å². The highest BCUT2D eigenvalue weighted by Crippen LogP contribution is 2.24. The van der Waals surface area contributed by atoms with Crippen molar-refractivity contribution in [3.8, 4) is 0 Å². The molecule has 1 aromatic rings. The van der Waals surface area contributed by atoms with E-state index in [0.717, 1.165) is 25.9 Å². The number of aromatic nitrogens is 1. The number of nitrogens with one attached hydrogen (secondary N) is 1. The predicted molar refractivity (Wildman–Crippen MR) is 91.5 cm³/mol. The van der Waals surface area contributed by atoms with Crippen LogP contribution in [0.2, 0.25) is 5.15 Å². The van der Waals surface area contributed by atoms with Crippen molar-refractivity contribution in [1.82, 2.24) is 14.8 Å². The van der Waals surface area contributed by atoms with E-state index in [1.807, 2.05) is 0 Å². The molecular formula is C16H22ClFN4O3. The van der Waals surface area contributed by atoms with Gasteiger partial charge in [-0.1, -0.05) is 11.6 Å². The Bertz CT molecular complexity index is 628. The minimum Gasteiger partial charge on any atom is -0.465 e. The second kappa shape index (κ2) is 8.16. The Hall–Kier alpha value is -1.64. The van der Waals surface area contributed by atoms with Crippen LogP contribution in [0, 0.1) is 5.82 Å². The zero-order valence-corrected chi connectivity index (χ0v) is 14.6. The van der Waals surface area contributed by atoms with Gasteiger partial charge in [-0.3, -0.25) is 4.90 Å². The van der Waals surface area contributed by atoms with E-state index in [2.05, 4.69) is 15.2 Å². The highest BCUT2D eigenvalue weighted by molar-refractivity contribution is 6.29. The Balaban J connectivity index is 1.71. The standard InChI is InChI=1S/C16H22ClFN4O3/c17-13-8-11(9-21-4-6-25-7-5-21)14(18)15(20-13)19-12-2-1-3-22(10-12)16(23)24/h8,12H,1-7,9-10H2,(H,19,20)(H,23,24). The number of pyridine rings is 1. The van der Waals surface area contributed by atoms with E-state index in [0.29, 0.717) is 38.4 Å². The fourth-order valence-corrected chi connectivity index (χ4v) is 3.44. The van der Waals surface area contributed by atoms with Crippen molar-refractivity contribution < 1.29 is 19.0 Å². The molecule has 0 radical (unpaired) electrons. The lowest BCUT2D eigenvalue weighted by atomic mass is 10.1. The van der Waals surface area contributed by atoms with Crippen LogP contribution in [0.15, 0.2) is 6.07 Å². The lowest BCUT2D eigenvalue weighted by Crippen LogP contribution is -2.44. The third-order valence-electron chi connectivity index (χ3n) is 4.53. The molecule has 1 unspecified atom stereocenters. The molecule has 0 aromatic carbocycles. The van der Waals surface area contributed by atoms with Gasteiger partial charge in [0.15, 0.2) is 11.6 Å². The van der Waals surface area contributed by atoms with Gasteiger partial charge in [-0.05, 0) is 18.9 Å². The number of hydrogen-bond acceptors (Lipinski definition) is 5. The first-order valence-corrected chi connectivity index (χ1v) is 8.80. The van der Waals surface area contributed by atoms with Crippen LogP contribution in [0.25, 0.3) is 0 Å². The molecule has 0 saturated carbocycles. The summed E-state index contributed by atoms with van der Waals surface area (Å²) >= 11 is 6.07. The van der Waals surface area contributed by atoms with Gasteiger partial charge in [-0.15, -0.1) is 0 Å². The topological polar surface area (TPSA) is 77.9 Å². The molecule has 138 valence electrons. The van der Waals surface area contributed by atoms with E-state index in [4.69, 9.17) is 21.4 Å². The number of piperidine rings is 1. The smallest absolute Gasteiger partial charge is 0.407 e. The minimum atomic E-state index is -0.959. The molecule has 2 aliphatic heterocycles. The van der Waals surface area contributed by atoms with E-state index in [9.17, 15) is 9.18 Å². The van der Waals surface area contributed by atoms with Crippen LogP contribution in [0.4, 0.5) is 15.0 Å². The Labute approximate surface area is 150 Å². The molecular weight excluding hydrogens is 351 g/mol. The molecule has 1 atom stereocenters. The molecule has 0 spiro atoms. The summed E-state index contributed by atoms with van der Waals surface area (Å²) < 4.78 is 20.2. The molecule has 1 amide bonds. The summed E-state index contributed by atoms with van der Waals surface area (Å²) in [4.78, 5) is 18.6. The Morgan fingerprint density at radius 3 is 2.92 bits per heavy atom. The summed E-state index contributed by atoms with van der Waals surface area (Å²) in [5.41, 5.74) is 0.482. The number of morpholine rings is 1. The SMILES string of the molecule is O=C(O)N1CCCC(Nc2nc(Cl)cc(CN3CCOCC3)c2F)C1. The van der Waals surface area contributed by atoms with Gasteiger partial charge in [0.1, 0.15) is 5.15 Å². The number of carbonyl (C=O) groups is 1. The molecule has 2 N–H and O–H groups in total. The molecule has 7 nitrogen and oxygen atoms in total. The fraction of sp³-hybridized carbons (Fsp3) is 0.625. The van der Waals surface area contributed by atoms with Crippen molar-refractivity contribution in [1.29, 1.82) is 0 Å². The van der Waals surface area contributed by atoms with Gasteiger partial charge in [-0.25, -0.2) is 14.2 Å². The van der Waals surface area contributed by atoms with E-state index < -0.39 is 11.9 Å². The molecule has 2 aliphatic rings. The normalized spacial score (nSPS) is 22.0. The molecule has 2 saturated heterocycles. The van der Waals surface area contributed by atoms with Gasteiger partial charge in [0.25, 0.3) is 0 Å². The lowest BCUT2D eigenvalue weighted by Gasteiger charge is -2.32. The van der Waals surface area contributed by atoms with Gasteiger partial charge in [0.05, 0.1) is 13.2 Å². The molecule has 9 heteroatoms. The van der Waals surface area contributed by atoms with E-state index >= 15 is 0 Å². The summed E-state index contributed by atoms with van der Waals surface area (Å²) in [6.45, 7) is 4.02. The van der Waals surface area contributed by atoms with Crippen molar-refractivity contribution in [3.63, 3.8) is 0 Å². The number of ether oxygens (including phenoxy) is 1. The van der Waals surface area contributed by atoms with Crippen LogP contribution in [-0.4, -0.2) is 71.4 Å². The Morgan fingerprint density at radius 1 is 1.44 bits per heavy atom. The average molecular weight is 373 g/mol. The monoisotopic (exact) mass is 372 g/mol. The zero-order chi connectivity index (χ0) is 17.8. The van der Waals surface area contributed by atoms with Crippen molar-refractivity contribution in [3.05, 3.63) is 22.6 Å². The number of nitrogens with zero attached hydrogens (tertiary/aromatic N) is 3. The van der Waals surface area contributed by atoms with E-state index in [1.165, 1.54) is 4.90 Å². The van der Waals surface area contributed by atoms with Crippen molar-refractivity contribution in [2.75, 3.05) is 44.7 Å². The first kappa shape index (κ1) is 18.2. The number of rotatable bonds is 4. The summed E-state index contributed by atoms with van der Waals surface area (Å²) in [7, 11) is 0. The van der Waals surface area contributed by atoms with Crippen molar-refractivity contribution in [2.45, 2.75) is 25.4 Å². The maximum atomic E-state index is 14.8. The lowest BCUT2D eigenvalue weighted by molar-refractivity contribution is 0.0337. The molecule has 1 aromatic heterocycles. The maximum absolute atomic E-state index is 14.8. The highest BCUT2D eigenvalue weighted by Gasteiger charge is 2.25. The first-order valence-electron chi connectivity index (χ1n) is 8.42. The number of halogens is 2. The number of amides is 1. The quantitative estimate of drug-likeness (QED) is 0.789. The fourth-order valence-electron chi connectivity index (χ4n) is 3.22. The van der Waals surface area contributed by atoms with Gasteiger partial charge in [0.2, 0.25) is 0 Å². The second-order valence-corrected chi connectivity index (χ2v) is 6.75. The molecule has 2 fully saturated rings. The zero-order valence-electron chi connectivity index (χ0n) is 13.9. The van der Waals surface area contributed by atoms with Crippen LogP contribution < -0.4 is 5.32 Å². The van der Waals surface area contributed by atoms with E-state index in [-0.39, 0.29) is 17.0 Å². The summed E-state index contributed by atoms with van der Waals surface area (Å²) in [6.07, 6.45) is 0.530. The molecule has 0 aliphatic carbocycles. The molecule has 0 bridgehead atoms. The first-order chi connectivity index (χ1) is 12.0. The van der Waals surface area contributed by atoms with Gasteiger partial charge >= 0.3 is 6.09 Å². The van der Waals surface area contributed by atoms with E-state index in [1.54, 1.807) is 6.07 Å². The summed E-state index contributed by atoms with van der Waals surface area (Å²) in [6, 6.07) is 1.36. The van der Waals surface area contributed by atoms with Crippen LogP contribution in [0.5, 0.6) is 0 Å². The predicted octanol–water partition coefficient (Wildman–Crippen LogP) is 2.26. The van der Waals surface area contributed by atoms with Crippen LogP contribution in [0.1, 0.15) is 18.4 Å². The molecule has 3 rings (SSSR count). The number of carboxylic acid groups (broad SMARTS) is 1. The van der Waals surface area contributed by atoms with Gasteiger partial charge < -0.3 is 20.1 Å². The van der Waals surface area contributed by atoms with Gasteiger partial charge in [0, 0.05) is 44.3 Å². The maximum Gasteiger partial charge on any atom is 0.407 e. The van der Waals surface area contributed by atoms with Crippen molar-refractivity contribution >= 4 is 23.5 Å².